The lowest BCUT2D eigenvalue weighted by Crippen LogP contribution is -2.34. The second kappa shape index (κ2) is 8.68. The highest BCUT2D eigenvalue weighted by atomic mass is 16.2. The smallest absolute Gasteiger partial charge is 0.252 e. The largest absolute Gasteiger partial charge is 0.354 e. The summed E-state index contributed by atoms with van der Waals surface area (Å²) < 4.78 is 0. The summed E-state index contributed by atoms with van der Waals surface area (Å²) in [6.45, 7) is 2.84. The highest BCUT2D eigenvalue weighted by molar-refractivity contribution is 5.93. The van der Waals surface area contributed by atoms with Gasteiger partial charge < -0.3 is 10.6 Å². The van der Waals surface area contributed by atoms with Crippen molar-refractivity contribution in [3.8, 4) is 0 Å². The fourth-order valence-corrected chi connectivity index (χ4v) is 2.19. The summed E-state index contributed by atoms with van der Waals surface area (Å²) in [5, 5.41) is 5.55. The topological polar surface area (TPSA) is 71.1 Å². The van der Waals surface area contributed by atoms with E-state index in [9.17, 15) is 9.59 Å². The predicted octanol–water partition coefficient (Wildman–Crippen LogP) is 1.87. The van der Waals surface area contributed by atoms with Gasteiger partial charge in [-0.3, -0.25) is 14.6 Å². The fourth-order valence-electron chi connectivity index (χ4n) is 2.19. The molecule has 0 aliphatic carbocycles. The molecule has 0 aliphatic heterocycles. The minimum Gasteiger partial charge on any atom is -0.354 e. The second-order valence-corrected chi connectivity index (χ2v) is 5.34. The zero-order chi connectivity index (χ0) is 16.5. The molecule has 0 aliphatic rings. The number of hydrogen-bond donors (Lipinski definition) is 2. The molecule has 1 aromatic carbocycles. The van der Waals surface area contributed by atoms with E-state index in [2.05, 4.69) is 21.7 Å². The van der Waals surface area contributed by atoms with Crippen LogP contribution in [0.15, 0.2) is 48.8 Å². The minimum absolute atomic E-state index is 0.0119. The molecule has 0 saturated carbocycles. The molecule has 0 bridgehead atoms. The van der Waals surface area contributed by atoms with Crippen molar-refractivity contribution in [2.24, 2.45) is 0 Å². The monoisotopic (exact) mass is 311 g/mol. The van der Waals surface area contributed by atoms with Gasteiger partial charge in [0.2, 0.25) is 5.91 Å². The first-order chi connectivity index (χ1) is 11.1. The van der Waals surface area contributed by atoms with E-state index < -0.39 is 0 Å². The molecule has 1 heterocycles. The van der Waals surface area contributed by atoms with Crippen molar-refractivity contribution < 1.29 is 9.59 Å². The first kappa shape index (κ1) is 16.7. The average Bonchev–Trinajstić information content (AvgIpc) is 2.57. The Morgan fingerprint density at radius 2 is 1.91 bits per heavy atom. The third-order valence-electron chi connectivity index (χ3n) is 3.38. The van der Waals surface area contributed by atoms with Crippen LogP contribution in [-0.2, 0) is 11.2 Å². The first-order valence-corrected chi connectivity index (χ1v) is 7.65. The van der Waals surface area contributed by atoms with Crippen LogP contribution < -0.4 is 10.6 Å². The SMILES string of the molecule is Cc1cccc(CCC(=O)NCCNC(=O)c2cccnc2)c1. The molecular weight excluding hydrogens is 290 g/mol. The molecule has 0 atom stereocenters. The summed E-state index contributed by atoms with van der Waals surface area (Å²) in [6, 6.07) is 11.5. The van der Waals surface area contributed by atoms with Gasteiger partial charge in [-0.2, -0.15) is 0 Å². The van der Waals surface area contributed by atoms with Gasteiger partial charge in [-0.1, -0.05) is 29.8 Å². The van der Waals surface area contributed by atoms with Gasteiger partial charge in [-0.25, -0.2) is 0 Å². The number of nitrogens with zero attached hydrogens (tertiary/aromatic N) is 1. The summed E-state index contributed by atoms with van der Waals surface area (Å²) in [6.07, 6.45) is 4.29. The second-order valence-electron chi connectivity index (χ2n) is 5.34. The Labute approximate surface area is 136 Å². The Hall–Kier alpha value is -2.69. The van der Waals surface area contributed by atoms with Crippen molar-refractivity contribution in [1.82, 2.24) is 15.6 Å². The number of hydrogen-bond acceptors (Lipinski definition) is 3. The van der Waals surface area contributed by atoms with Crippen molar-refractivity contribution in [1.29, 1.82) is 0 Å². The highest BCUT2D eigenvalue weighted by Gasteiger charge is 2.05. The fraction of sp³-hybridized carbons (Fsp3) is 0.278. The van der Waals surface area contributed by atoms with Crippen molar-refractivity contribution >= 4 is 11.8 Å². The Morgan fingerprint density at radius 1 is 1.09 bits per heavy atom. The molecule has 120 valence electrons. The van der Waals surface area contributed by atoms with Crippen LogP contribution >= 0.6 is 0 Å². The van der Waals surface area contributed by atoms with Gasteiger partial charge in [-0.15, -0.1) is 0 Å². The Balaban J connectivity index is 1.62. The lowest BCUT2D eigenvalue weighted by Gasteiger charge is -2.07. The van der Waals surface area contributed by atoms with Gasteiger partial charge >= 0.3 is 0 Å². The number of rotatable bonds is 7. The third kappa shape index (κ3) is 5.90. The Kier molecular flexibility index (Phi) is 6.29. The number of aromatic nitrogens is 1. The molecular formula is C18H21N3O2. The van der Waals surface area contributed by atoms with Crippen LogP contribution in [0.5, 0.6) is 0 Å². The summed E-state index contributed by atoms with van der Waals surface area (Å²) in [4.78, 5) is 27.4. The van der Waals surface area contributed by atoms with Crippen LogP contribution in [-0.4, -0.2) is 29.9 Å². The van der Waals surface area contributed by atoms with Gasteiger partial charge in [0.05, 0.1) is 5.56 Å². The van der Waals surface area contributed by atoms with Crippen LogP contribution in [0.4, 0.5) is 0 Å². The van der Waals surface area contributed by atoms with E-state index in [0.717, 1.165) is 12.0 Å². The number of amides is 2. The minimum atomic E-state index is -0.188. The van der Waals surface area contributed by atoms with E-state index in [4.69, 9.17) is 0 Å². The molecule has 5 heteroatoms. The number of pyridine rings is 1. The number of carbonyl (C=O) groups is 2. The van der Waals surface area contributed by atoms with Crippen LogP contribution in [0.3, 0.4) is 0 Å². The molecule has 0 radical (unpaired) electrons. The van der Waals surface area contributed by atoms with Gasteiger partial charge in [0.25, 0.3) is 5.91 Å². The number of benzene rings is 1. The van der Waals surface area contributed by atoms with Crippen molar-refractivity contribution in [3.63, 3.8) is 0 Å². The lowest BCUT2D eigenvalue weighted by molar-refractivity contribution is -0.121. The third-order valence-corrected chi connectivity index (χ3v) is 3.38. The maximum absolute atomic E-state index is 11.8. The highest BCUT2D eigenvalue weighted by Crippen LogP contribution is 2.06. The summed E-state index contributed by atoms with van der Waals surface area (Å²) in [5.41, 5.74) is 2.87. The summed E-state index contributed by atoms with van der Waals surface area (Å²) in [7, 11) is 0. The van der Waals surface area contributed by atoms with Crippen molar-refractivity contribution in [2.75, 3.05) is 13.1 Å². The van der Waals surface area contributed by atoms with Gasteiger partial charge in [0, 0.05) is 31.9 Å². The van der Waals surface area contributed by atoms with Crippen LogP contribution in [0.25, 0.3) is 0 Å². The molecule has 0 saturated heterocycles. The maximum Gasteiger partial charge on any atom is 0.252 e. The normalized spacial score (nSPS) is 10.1. The van der Waals surface area contributed by atoms with E-state index >= 15 is 0 Å². The zero-order valence-corrected chi connectivity index (χ0v) is 13.2. The molecule has 1 aromatic heterocycles. The van der Waals surface area contributed by atoms with E-state index in [0.29, 0.717) is 25.1 Å². The predicted molar refractivity (Wildman–Crippen MR) is 89.1 cm³/mol. The Morgan fingerprint density at radius 3 is 2.65 bits per heavy atom. The quantitative estimate of drug-likeness (QED) is 0.767. The van der Waals surface area contributed by atoms with Crippen LogP contribution in [0.1, 0.15) is 27.9 Å². The first-order valence-electron chi connectivity index (χ1n) is 7.65. The van der Waals surface area contributed by atoms with E-state index in [-0.39, 0.29) is 11.8 Å². The standard InChI is InChI=1S/C18H21N3O2/c1-14-4-2-5-15(12-14)7-8-17(22)20-10-11-21-18(23)16-6-3-9-19-13-16/h2-6,9,12-13H,7-8,10-11H2,1H3,(H,20,22)(H,21,23). The van der Waals surface area contributed by atoms with Gasteiger partial charge in [0.15, 0.2) is 0 Å². The van der Waals surface area contributed by atoms with Crippen LogP contribution in [0.2, 0.25) is 0 Å². The molecule has 2 aromatic rings. The molecule has 0 unspecified atom stereocenters. The zero-order valence-electron chi connectivity index (χ0n) is 13.2. The van der Waals surface area contributed by atoms with Gasteiger partial charge in [0.1, 0.15) is 0 Å². The lowest BCUT2D eigenvalue weighted by atomic mass is 10.1. The summed E-state index contributed by atoms with van der Waals surface area (Å²) >= 11 is 0. The van der Waals surface area contributed by atoms with Crippen LogP contribution in [0, 0.1) is 6.92 Å². The maximum atomic E-state index is 11.8. The molecule has 0 fully saturated rings. The molecule has 2 amide bonds. The van der Waals surface area contributed by atoms with E-state index in [1.54, 1.807) is 18.3 Å². The molecule has 23 heavy (non-hydrogen) atoms. The number of carbonyl (C=O) groups excluding carboxylic acids is 2. The Bertz CT molecular complexity index is 656. The number of nitrogens with one attached hydrogen (secondary N) is 2. The van der Waals surface area contributed by atoms with Crippen molar-refractivity contribution in [3.05, 3.63) is 65.5 Å². The van der Waals surface area contributed by atoms with Gasteiger partial charge in [-0.05, 0) is 31.0 Å². The van der Waals surface area contributed by atoms with E-state index in [1.807, 2.05) is 25.1 Å². The molecule has 2 N–H and O–H groups in total. The molecule has 2 rings (SSSR count). The molecule has 0 spiro atoms. The summed E-state index contributed by atoms with van der Waals surface area (Å²) in [5.74, 6) is -0.200. The average molecular weight is 311 g/mol. The van der Waals surface area contributed by atoms with Crippen molar-refractivity contribution in [2.45, 2.75) is 19.8 Å². The number of aryl methyl sites for hydroxylation is 2. The molecule has 5 nitrogen and oxygen atoms in total. The van der Waals surface area contributed by atoms with E-state index in [1.165, 1.54) is 11.8 Å².